The number of H-pyrrole nitrogens is 1. The first-order chi connectivity index (χ1) is 14.2. The Bertz CT molecular complexity index is 899. The number of aromatic nitrogens is 1. The molecule has 0 saturated carbocycles. The van der Waals surface area contributed by atoms with Crippen LogP contribution in [0.4, 0.5) is 0 Å². The van der Waals surface area contributed by atoms with E-state index < -0.39 is 0 Å². The SMILES string of the molecule is O=C(Cc1c[nH]c2ccccc12)N1CCN(C(=O)C2CCC3CCCCN32)CC1. The van der Waals surface area contributed by atoms with Gasteiger partial charge in [0.1, 0.15) is 0 Å². The van der Waals surface area contributed by atoms with E-state index in [9.17, 15) is 9.59 Å². The molecule has 2 amide bonds. The van der Waals surface area contributed by atoms with Crippen molar-refractivity contribution < 1.29 is 9.59 Å². The standard InChI is InChI=1S/C23H30N4O2/c28-22(15-17-16-24-20-7-2-1-6-19(17)20)25-11-13-26(14-12-25)23(29)21-9-8-18-5-3-4-10-27(18)21/h1-2,6-7,16,18,21,24H,3-5,8-15H2. The first kappa shape index (κ1) is 18.7. The Morgan fingerprint density at radius 3 is 2.59 bits per heavy atom. The van der Waals surface area contributed by atoms with E-state index in [-0.39, 0.29) is 17.9 Å². The van der Waals surface area contributed by atoms with E-state index in [1.165, 1.54) is 25.7 Å². The van der Waals surface area contributed by atoms with Gasteiger partial charge in [0.25, 0.3) is 0 Å². The number of hydrogen-bond donors (Lipinski definition) is 1. The number of amides is 2. The molecule has 1 N–H and O–H groups in total. The summed E-state index contributed by atoms with van der Waals surface area (Å²) in [5.41, 5.74) is 2.12. The molecule has 6 nitrogen and oxygen atoms in total. The summed E-state index contributed by atoms with van der Waals surface area (Å²) < 4.78 is 0. The maximum Gasteiger partial charge on any atom is 0.240 e. The van der Waals surface area contributed by atoms with Crippen molar-refractivity contribution in [3.8, 4) is 0 Å². The van der Waals surface area contributed by atoms with Crippen LogP contribution in [0.15, 0.2) is 30.5 Å². The molecule has 3 aliphatic rings. The normalized spacial score (nSPS) is 25.4. The van der Waals surface area contributed by atoms with Crippen molar-refractivity contribution in [1.82, 2.24) is 19.7 Å². The lowest BCUT2D eigenvalue weighted by molar-refractivity contribution is -0.142. The molecule has 3 aliphatic heterocycles. The van der Waals surface area contributed by atoms with E-state index in [2.05, 4.69) is 16.0 Å². The molecule has 6 heteroatoms. The van der Waals surface area contributed by atoms with Crippen molar-refractivity contribution in [1.29, 1.82) is 0 Å². The van der Waals surface area contributed by atoms with Gasteiger partial charge in [0.2, 0.25) is 11.8 Å². The van der Waals surface area contributed by atoms with Crippen LogP contribution in [0.5, 0.6) is 0 Å². The first-order valence-electron chi connectivity index (χ1n) is 11.1. The maximum atomic E-state index is 13.1. The van der Waals surface area contributed by atoms with Crippen LogP contribution in [0.3, 0.4) is 0 Å². The largest absolute Gasteiger partial charge is 0.361 e. The summed E-state index contributed by atoms with van der Waals surface area (Å²) in [6.07, 6.45) is 8.30. The van der Waals surface area contributed by atoms with Gasteiger partial charge in [-0.3, -0.25) is 14.5 Å². The number of piperidine rings is 1. The Balaban J connectivity index is 1.17. The van der Waals surface area contributed by atoms with Crippen LogP contribution in [0.1, 0.15) is 37.7 Å². The van der Waals surface area contributed by atoms with Crippen molar-refractivity contribution in [3.05, 3.63) is 36.0 Å². The van der Waals surface area contributed by atoms with Gasteiger partial charge in [0.05, 0.1) is 12.5 Å². The zero-order valence-electron chi connectivity index (χ0n) is 17.0. The minimum atomic E-state index is 0.0776. The van der Waals surface area contributed by atoms with Crippen molar-refractivity contribution >= 4 is 22.7 Å². The Hall–Kier alpha value is -2.34. The number of carbonyl (C=O) groups excluding carboxylic acids is 2. The minimum absolute atomic E-state index is 0.0776. The average molecular weight is 395 g/mol. The predicted octanol–water partition coefficient (Wildman–Crippen LogP) is 2.40. The second kappa shape index (κ2) is 7.82. The number of nitrogens with one attached hydrogen (secondary N) is 1. The smallest absolute Gasteiger partial charge is 0.240 e. The van der Waals surface area contributed by atoms with Crippen molar-refractivity contribution in [2.75, 3.05) is 32.7 Å². The number of rotatable bonds is 3. The van der Waals surface area contributed by atoms with Gasteiger partial charge in [0.15, 0.2) is 0 Å². The molecule has 2 aromatic rings. The van der Waals surface area contributed by atoms with E-state index >= 15 is 0 Å². The minimum Gasteiger partial charge on any atom is -0.361 e. The summed E-state index contributed by atoms with van der Waals surface area (Å²) in [6, 6.07) is 8.79. The Morgan fingerprint density at radius 2 is 1.72 bits per heavy atom. The summed E-state index contributed by atoms with van der Waals surface area (Å²) in [5.74, 6) is 0.442. The van der Waals surface area contributed by atoms with Crippen LogP contribution in [0.25, 0.3) is 10.9 Å². The molecule has 0 radical (unpaired) electrons. The number of nitrogens with zero attached hydrogens (tertiary/aromatic N) is 3. The molecule has 3 saturated heterocycles. The lowest BCUT2D eigenvalue weighted by Crippen LogP contribution is -2.56. The highest BCUT2D eigenvalue weighted by Crippen LogP contribution is 2.32. The number of hydrogen-bond acceptors (Lipinski definition) is 3. The number of fused-ring (bicyclic) bond motifs is 2. The molecule has 0 aliphatic carbocycles. The third kappa shape index (κ3) is 3.54. The van der Waals surface area contributed by atoms with Gasteiger partial charge in [0, 0.05) is 49.3 Å². The quantitative estimate of drug-likeness (QED) is 0.870. The van der Waals surface area contributed by atoms with Crippen LogP contribution in [0, 0.1) is 0 Å². The highest BCUT2D eigenvalue weighted by atomic mass is 16.2. The predicted molar refractivity (Wildman–Crippen MR) is 113 cm³/mol. The van der Waals surface area contributed by atoms with Gasteiger partial charge in [-0.1, -0.05) is 24.6 Å². The van der Waals surface area contributed by atoms with Crippen LogP contribution in [0.2, 0.25) is 0 Å². The fraction of sp³-hybridized carbons (Fsp3) is 0.565. The highest BCUT2D eigenvalue weighted by molar-refractivity contribution is 5.89. The summed E-state index contributed by atoms with van der Waals surface area (Å²) in [5, 5.41) is 1.12. The summed E-state index contributed by atoms with van der Waals surface area (Å²) >= 11 is 0. The van der Waals surface area contributed by atoms with Crippen LogP contribution in [-0.2, 0) is 16.0 Å². The van der Waals surface area contributed by atoms with E-state index in [0.29, 0.717) is 38.6 Å². The number of benzene rings is 1. The zero-order chi connectivity index (χ0) is 19.8. The molecule has 0 bridgehead atoms. The molecule has 29 heavy (non-hydrogen) atoms. The molecule has 4 heterocycles. The number of para-hydroxylation sites is 1. The lowest BCUT2D eigenvalue weighted by atomic mass is 10.0. The van der Waals surface area contributed by atoms with Gasteiger partial charge >= 0.3 is 0 Å². The molecular weight excluding hydrogens is 364 g/mol. The van der Waals surface area contributed by atoms with Crippen LogP contribution < -0.4 is 0 Å². The zero-order valence-corrected chi connectivity index (χ0v) is 17.0. The van der Waals surface area contributed by atoms with Crippen molar-refractivity contribution in [2.24, 2.45) is 0 Å². The molecule has 2 unspecified atom stereocenters. The number of carbonyl (C=O) groups is 2. The average Bonchev–Trinajstić information content (AvgIpc) is 3.38. The molecule has 1 aromatic heterocycles. The monoisotopic (exact) mass is 394 g/mol. The van der Waals surface area contributed by atoms with Gasteiger partial charge in [-0.15, -0.1) is 0 Å². The summed E-state index contributed by atoms with van der Waals surface area (Å²) in [6.45, 7) is 3.68. The third-order valence-corrected chi connectivity index (χ3v) is 7.09. The molecule has 2 atom stereocenters. The first-order valence-corrected chi connectivity index (χ1v) is 11.1. The van der Waals surface area contributed by atoms with E-state index in [4.69, 9.17) is 0 Å². The van der Waals surface area contributed by atoms with E-state index in [1.807, 2.05) is 34.2 Å². The van der Waals surface area contributed by atoms with Gasteiger partial charge in [-0.05, 0) is 43.9 Å². The topological polar surface area (TPSA) is 59.7 Å². The van der Waals surface area contributed by atoms with E-state index in [1.54, 1.807) is 0 Å². The maximum absolute atomic E-state index is 13.1. The Morgan fingerprint density at radius 1 is 0.931 bits per heavy atom. The van der Waals surface area contributed by atoms with E-state index in [0.717, 1.165) is 29.4 Å². The molecule has 5 rings (SSSR count). The Labute approximate surface area is 171 Å². The van der Waals surface area contributed by atoms with Crippen molar-refractivity contribution in [2.45, 2.75) is 50.6 Å². The fourth-order valence-electron chi connectivity index (χ4n) is 5.46. The van der Waals surface area contributed by atoms with Gasteiger partial charge < -0.3 is 14.8 Å². The van der Waals surface area contributed by atoms with Crippen molar-refractivity contribution in [3.63, 3.8) is 0 Å². The van der Waals surface area contributed by atoms with Crippen LogP contribution in [-0.4, -0.2) is 76.3 Å². The second-order valence-electron chi connectivity index (χ2n) is 8.72. The second-order valence-corrected chi connectivity index (χ2v) is 8.72. The molecule has 3 fully saturated rings. The summed E-state index contributed by atoms with van der Waals surface area (Å²) in [4.78, 5) is 35.6. The lowest BCUT2D eigenvalue weighted by Gasteiger charge is -2.39. The summed E-state index contributed by atoms with van der Waals surface area (Å²) in [7, 11) is 0. The molecule has 154 valence electrons. The fourth-order valence-corrected chi connectivity index (χ4v) is 5.46. The number of aromatic amines is 1. The van der Waals surface area contributed by atoms with Gasteiger partial charge in [-0.25, -0.2) is 0 Å². The highest BCUT2D eigenvalue weighted by Gasteiger charge is 2.41. The molecular formula is C23H30N4O2. The van der Waals surface area contributed by atoms with Gasteiger partial charge in [-0.2, -0.15) is 0 Å². The molecule has 1 aromatic carbocycles. The number of piperazine rings is 1. The third-order valence-electron chi connectivity index (χ3n) is 7.09. The Kier molecular flexibility index (Phi) is 5.04. The molecule has 0 spiro atoms. The van der Waals surface area contributed by atoms with Crippen LogP contribution >= 0.6 is 0 Å².